The van der Waals surface area contributed by atoms with Crippen molar-refractivity contribution >= 4 is 11.5 Å². The molecule has 0 saturated heterocycles. The molecule has 21 heavy (non-hydrogen) atoms. The van der Waals surface area contributed by atoms with Crippen LogP contribution in [-0.2, 0) is 6.54 Å². The van der Waals surface area contributed by atoms with Crippen molar-refractivity contribution in [2.45, 2.75) is 25.8 Å². The van der Waals surface area contributed by atoms with Crippen molar-refractivity contribution in [2.75, 3.05) is 24.2 Å². The van der Waals surface area contributed by atoms with E-state index in [0.29, 0.717) is 17.5 Å². The van der Waals surface area contributed by atoms with Gasteiger partial charge in [-0.1, -0.05) is 0 Å². The predicted molar refractivity (Wildman–Crippen MR) is 82.2 cm³/mol. The van der Waals surface area contributed by atoms with Gasteiger partial charge in [-0.25, -0.2) is 4.98 Å². The quantitative estimate of drug-likeness (QED) is 0.727. The Morgan fingerprint density at radius 3 is 3.05 bits per heavy atom. The number of ether oxygens (including phenoxy) is 1. The van der Waals surface area contributed by atoms with Gasteiger partial charge in [-0.05, 0) is 37.3 Å². The highest BCUT2D eigenvalue weighted by molar-refractivity contribution is 5.53. The lowest BCUT2D eigenvalue weighted by molar-refractivity contribution is 0.290. The summed E-state index contributed by atoms with van der Waals surface area (Å²) < 4.78 is 7.74. The van der Waals surface area contributed by atoms with Gasteiger partial charge in [-0.2, -0.15) is 4.98 Å². The van der Waals surface area contributed by atoms with Crippen molar-refractivity contribution in [3.05, 3.63) is 30.9 Å². The molecule has 3 N–H and O–H groups in total. The number of nitrogen functional groups attached to an aromatic ring is 1. The molecule has 1 aliphatic carbocycles. The minimum absolute atomic E-state index is 0.543. The van der Waals surface area contributed by atoms with E-state index in [1.807, 2.05) is 24.7 Å². The zero-order valence-corrected chi connectivity index (χ0v) is 12.0. The monoisotopic (exact) mass is 287 g/mol. The van der Waals surface area contributed by atoms with E-state index in [2.05, 4.69) is 19.9 Å². The second kappa shape index (κ2) is 6.47. The summed E-state index contributed by atoms with van der Waals surface area (Å²) in [5.74, 6) is 2.04. The van der Waals surface area contributed by atoms with Gasteiger partial charge in [0, 0.05) is 25.5 Å². The fraction of sp³-hybridized carbons (Fsp3) is 0.467. The Labute approximate surface area is 124 Å². The predicted octanol–water partition coefficient (Wildman–Crippen LogP) is 2.15. The number of aromatic nitrogens is 3. The number of pyridine rings is 1. The van der Waals surface area contributed by atoms with Gasteiger partial charge in [-0.15, -0.1) is 0 Å². The first-order chi connectivity index (χ1) is 10.3. The summed E-state index contributed by atoms with van der Waals surface area (Å²) in [7, 11) is 0. The maximum Gasteiger partial charge on any atom is 0.239 e. The average molecular weight is 287 g/mol. The smallest absolute Gasteiger partial charge is 0.239 e. The largest absolute Gasteiger partial charge is 0.476 e. The molecule has 0 aliphatic heterocycles. The van der Waals surface area contributed by atoms with Gasteiger partial charge in [0.1, 0.15) is 5.82 Å². The van der Waals surface area contributed by atoms with Gasteiger partial charge in [-0.3, -0.25) is 0 Å². The van der Waals surface area contributed by atoms with E-state index in [9.17, 15) is 0 Å². The molecule has 0 spiro atoms. The van der Waals surface area contributed by atoms with Gasteiger partial charge < -0.3 is 20.4 Å². The number of nitrogens with one attached hydrogen (secondary N) is 1. The van der Waals surface area contributed by atoms with Crippen LogP contribution >= 0.6 is 0 Å². The van der Waals surface area contributed by atoms with E-state index in [1.54, 1.807) is 6.20 Å². The maximum atomic E-state index is 5.89. The van der Waals surface area contributed by atoms with Crippen molar-refractivity contribution in [1.29, 1.82) is 0 Å². The molecule has 1 aliphatic rings. The van der Waals surface area contributed by atoms with Crippen LogP contribution in [0.5, 0.6) is 5.88 Å². The normalized spacial score (nSPS) is 14.1. The maximum absolute atomic E-state index is 5.89. The Balaban J connectivity index is 1.46. The van der Waals surface area contributed by atoms with Gasteiger partial charge in [0.15, 0.2) is 0 Å². The van der Waals surface area contributed by atoms with Crippen LogP contribution in [0.3, 0.4) is 0 Å². The first kappa shape index (κ1) is 13.7. The molecule has 3 rings (SSSR count). The lowest BCUT2D eigenvalue weighted by Crippen LogP contribution is -2.09. The van der Waals surface area contributed by atoms with Crippen LogP contribution in [0.2, 0.25) is 0 Å². The molecule has 0 unspecified atom stereocenters. The molecule has 0 aromatic carbocycles. The first-order valence-corrected chi connectivity index (χ1v) is 7.40. The van der Waals surface area contributed by atoms with Crippen LogP contribution in [0.4, 0.5) is 11.5 Å². The molecule has 6 nitrogen and oxygen atoms in total. The molecular weight excluding hydrogens is 266 g/mol. The number of rotatable bonds is 8. The summed E-state index contributed by atoms with van der Waals surface area (Å²) in [6, 6.07) is 3.73. The molecular formula is C15H21N5O. The Kier molecular flexibility index (Phi) is 4.23. The average Bonchev–Trinajstić information content (AvgIpc) is 3.18. The van der Waals surface area contributed by atoms with E-state index in [1.165, 1.54) is 12.8 Å². The second-order valence-electron chi connectivity index (χ2n) is 5.43. The lowest BCUT2D eigenvalue weighted by Gasteiger charge is -2.10. The molecule has 2 aromatic heterocycles. The fourth-order valence-corrected chi connectivity index (χ4v) is 2.04. The topological polar surface area (TPSA) is 78.0 Å². The second-order valence-corrected chi connectivity index (χ2v) is 5.43. The third kappa shape index (κ3) is 4.11. The van der Waals surface area contributed by atoms with Crippen molar-refractivity contribution in [3.63, 3.8) is 0 Å². The molecule has 2 aromatic rings. The van der Waals surface area contributed by atoms with Crippen LogP contribution < -0.4 is 15.8 Å². The molecule has 1 fully saturated rings. The summed E-state index contributed by atoms with van der Waals surface area (Å²) in [6.45, 7) is 2.51. The van der Waals surface area contributed by atoms with E-state index < -0.39 is 0 Å². The molecule has 6 heteroatoms. The zero-order valence-electron chi connectivity index (χ0n) is 12.0. The van der Waals surface area contributed by atoms with Crippen LogP contribution in [0, 0.1) is 5.92 Å². The standard InChI is InChI=1S/C15H21N5O/c16-13-4-5-14(19-15(13)21-10-12-2-3-12)18-6-1-8-20-9-7-17-11-20/h4-5,7,9,11-12H,1-3,6,8,10,16H2,(H,18,19). The third-order valence-corrected chi connectivity index (χ3v) is 3.50. The van der Waals surface area contributed by atoms with Crippen molar-refractivity contribution < 1.29 is 4.74 Å². The molecule has 0 bridgehead atoms. The molecule has 112 valence electrons. The van der Waals surface area contributed by atoms with Crippen molar-refractivity contribution in [2.24, 2.45) is 5.92 Å². The number of imidazole rings is 1. The third-order valence-electron chi connectivity index (χ3n) is 3.50. The van der Waals surface area contributed by atoms with Crippen LogP contribution in [0.1, 0.15) is 19.3 Å². The number of nitrogens with two attached hydrogens (primary N) is 1. The zero-order chi connectivity index (χ0) is 14.5. The molecule has 0 radical (unpaired) electrons. The van der Waals surface area contributed by atoms with Gasteiger partial charge in [0.05, 0.1) is 18.6 Å². The fourth-order valence-electron chi connectivity index (χ4n) is 2.04. The van der Waals surface area contributed by atoms with E-state index >= 15 is 0 Å². The number of nitrogens with zero attached hydrogens (tertiary/aromatic N) is 3. The highest BCUT2D eigenvalue weighted by atomic mass is 16.5. The van der Waals surface area contributed by atoms with E-state index in [4.69, 9.17) is 10.5 Å². The number of aryl methyl sites for hydroxylation is 1. The van der Waals surface area contributed by atoms with Crippen LogP contribution in [0.15, 0.2) is 30.9 Å². The number of hydrogen-bond donors (Lipinski definition) is 2. The summed E-state index contributed by atoms with van der Waals surface area (Å²) in [5, 5.41) is 3.30. The van der Waals surface area contributed by atoms with E-state index in [-0.39, 0.29) is 0 Å². The first-order valence-electron chi connectivity index (χ1n) is 7.40. The highest BCUT2D eigenvalue weighted by Crippen LogP contribution is 2.30. The summed E-state index contributed by atoms with van der Waals surface area (Å²) in [4.78, 5) is 8.45. The lowest BCUT2D eigenvalue weighted by atomic mass is 10.3. The number of hydrogen-bond acceptors (Lipinski definition) is 5. The molecule has 2 heterocycles. The molecule has 0 amide bonds. The summed E-state index contributed by atoms with van der Waals surface area (Å²) >= 11 is 0. The Hall–Kier alpha value is -2.24. The van der Waals surface area contributed by atoms with Gasteiger partial charge >= 0.3 is 0 Å². The van der Waals surface area contributed by atoms with Gasteiger partial charge in [0.2, 0.25) is 5.88 Å². The number of anilines is 2. The van der Waals surface area contributed by atoms with Crippen LogP contribution in [-0.4, -0.2) is 27.7 Å². The Morgan fingerprint density at radius 1 is 1.38 bits per heavy atom. The summed E-state index contributed by atoms with van der Waals surface area (Å²) in [6.07, 6.45) is 9.09. The molecule has 0 atom stereocenters. The highest BCUT2D eigenvalue weighted by Gasteiger charge is 2.22. The molecule has 1 saturated carbocycles. The van der Waals surface area contributed by atoms with Crippen molar-refractivity contribution in [3.8, 4) is 5.88 Å². The Morgan fingerprint density at radius 2 is 2.29 bits per heavy atom. The van der Waals surface area contributed by atoms with Crippen molar-refractivity contribution in [1.82, 2.24) is 14.5 Å². The van der Waals surface area contributed by atoms with Crippen LogP contribution in [0.25, 0.3) is 0 Å². The Bertz CT molecular complexity index is 565. The SMILES string of the molecule is Nc1ccc(NCCCn2ccnc2)nc1OCC1CC1. The summed E-state index contributed by atoms with van der Waals surface area (Å²) in [5.41, 5.74) is 6.49. The van der Waals surface area contributed by atoms with Gasteiger partial charge in [0.25, 0.3) is 0 Å². The minimum Gasteiger partial charge on any atom is -0.476 e. The van der Waals surface area contributed by atoms with E-state index in [0.717, 1.165) is 31.9 Å². The minimum atomic E-state index is 0.543.